The van der Waals surface area contributed by atoms with Crippen LogP contribution < -0.4 is 5.73 Å². The lowest BCUT2D eigenvalue weighted by Gasteiger charge is -2.33. The summed E-state index contributed by atoms with van der Waals surface area (Å²) in [6.45, 7) is 5.99. The molecular weight excluding hydrogens is 196 g/mol. The van der Waals surface area contributed by atoms with E-state index in [9.17, 15) is 0 Å². The van der Waals surface area contributed by atoms with Crippen LogP contribution in [-0.4, -0.2) is 42.2 Å². The van der Waals surface area contributed by atoms with Gasteiger partial charge in [-0.1, -0.05) is 19.1 Å². The topological polar surface area (TPSA) is 38.5 Å². The second-order valence-corrected chi connectivity index (χ2v) is 4.24. The Hall–Kier alpha value is -0.190. The average Bonchev–Trinajstić information content (AvgIpc) is 2.20. The molecule has 0 aromatic heterocycles. The molecule has 3 nitrogen and oxygen atoms in total. The summed E-state index contributed by atoms with van der Waals surface area (Å²) in [5.41, 5.74) is 5.50. The molecule has 4 heteroatoms. The van der Waals surface area contributed by atoms with E-state index in [0.29, 0.717) is 11.0 Å². The summed E-state index contributed by atoms with van der Waals surface area (Å²) >= 11 is 4.88. The molecule has 0 aliphatic carbocycles. The van der Waals surface area contributed by atoms with Gasteiger partial charge in [0.2, 0.25) is 0 Å². The lowest BCUT2D eigenvalue weighted by molar-refractivity contribution is 0.0208. The highest BCUT2D eigenvalue weighted by molar-refractivity contribution is 7.80. The highest BCUT2D eigenvalue weighted by atomic mass is 32.1. The molecule has 1 heterocycles. The standard InChI is InChI=1S/C10H20N2OS/c1-2-12(6-5-10(11)14)9-4-3-7-13-8-9/h9H,2-8H2,1H3,(H2,11,14). The molecule has 2 N–H and O–H groups in total. The minimum Gasteiger partial charge on any atom is -0.393 e. The molecule has 0 amide bonds. The van der Waals surface area contributed by atoms with E-state index in [2.05, 4.69) is 11.8 Å². The maximum Gasteiger partial charge on any atom is 0.0740 e. The Morgan fingerprint density at radius 1 is 1.64 bits per heavy atom. The number of likely N-dealkylation sites (N-methyl/N-ethyl adjacent to an activating group) is 1. The molecule has 1 aliphatic heterocycles. The summed E-state index contributed by atoms with van der Waals surface area (Å²) in [4.78, 5) is 3.03. The van der Waals surface area contributed by atoms with Crippen LogP contribution in [0, 0.1) is 0 Å². The van der Waals surface area contributed by atoms with E-state index < -0.39 is 0 Å². The number of ether oxygens (including phenoxy) is 1. The summed E-state index contributed by atoms with van der Waals surface area (Å²) in [6.07, 6.45) is 3.24. The highest BCUT2D eigenvalue weighted by Gasteiger charge is 2.19. The zero-order valence-electron chi connectivity index (χ0n) is 8.87. The van der Waals surface area contributed by atoms with Gasteiger partial charge in [0.15, 0.2) is 0 Å². The molecule has 1 fully saturated rings. The van der Waals surface area contributed by atoms with Gasteiger partial charge in [0.25, 0.3) is 0 Å². The van der Waals surface area contributed by atoms with Crippen LogP contribution >= 0.6 is 12.2 Å². The third-order valence-electron chi connectivity index (χ3n) is 2.70. The minimum absolute atomic E-state index is 0.572. The van der Waals surface area contributed by atoms with E-state index in [1.807, 2.05) is 0 Å². The van der Waals surface area contributed by atoms with E-state index >= 15 is 0 Å². The van der Waals surface area contributed by atoms with Crippen LogP contribution in [0.1, 0.15) is 26.2 Å². The smallest absolute Gasteiger partial charge is 0.0740 e. The Kier molecular flexibility index (Phi) is 5.37. The van der Waals surface area contributed by atoms with Crippen LogP contribution in [0.3, 0.4) is 0 Å². The van der Waals surface area contributed by atoms with Crippen LogP contribution in [0.5, 0.6) is 0 Å². The van der Waals surface area contributed by atoms with Crippen molar-refractivity contribution in [2.75, 3.05) is 26.3 Å². The molecule has 1 saturated heterocycles. The van der Waals surface area contributed by atoms with Crippen molar-refractivity contribution in [2.45, 2.75) is 32.2 Å². The van der Waals surface area contributed by atoms with Crippen LogP contribution in [0.2, 0.25) is 0 Å². The monoisotopic (exact) mass is 216 g/mol. The zero-order chi connectivity index (χ0) is 10.4. The Bertz CT molecular complexity index is 181. The molecule has 82 valence electrons. The first-order valence-corrected chi connectivity index (χ1v) is 5.75. The maximum atomic E-state index is 5.50. The molecule has 1 unspecified atom stereocenters. The van der Waals surface area contributed by atoms with Gasteiger partial charge in [-0.2, -0.15) is 0 Å². The Morgan fingerprint density at radius 2 is 2.43 bits per heavy atom. The molecule has 0 aromatic rings. The summed E-state index contributed by atoms with van der Waals surface area (Å²) < 4.78 is 5.47. The quantitative estimate of drug-likeness (QED) is 0.700. The van der Waals surface area contributed by atoms with Gasteiger partial charge in [0, 0.05) is 25.6 Å². The molecule has 1 atom stereocenters. The lowest BCUT2D eigenvalue weighted by Crippen LogP contribution is -2.42. The number of nitrogens with zero attached hydrogens (tertiary/aromatic N) is 1. The molecule has 0 saturated carbocycles. The predicted molar refractivity (Wildman–Crippen MR) is 62.5 cm³/mol. The second kappa shape index (κ2) is 6.32. The van der Waals surface area contributed by atoms with Crippen LogP contribution in [0.4, 0.5) is 0 Å². The first-order chi connectivity index (χ1) is 6.74. The van der Waals surface area contributed by atoms with Crippen molar-refractivity contribution in [3.8, 4) is 0 Å². The van der Waals surface area contributed by atoms with E-state index in [-0.39, 0.29) is 0 Å². The van der Waals surface area contributed by atoms with Gasteiger partial charge in [-0.05, 0) is 19.4 Å². The van der Waals surface area contributed by atoms with Gasteiger partial charge in [0.05, 0.1) is 11.6 Å². The van der Waals surface area contributed by atoms with Gasteiger partial charge in [-0.25, -0.2) is 0 Å². The average molecular weight is 216 g/mol. The largest absolute Gasteiger partial charge is 0.393 e. The molecular formula is C10H20N2OS. The SMILES string of the molecule is CCN(CCC(N)=S)C1CCCOC1. The van der Waals surface area contributed by atoms with Gasteiger partial charge < -0.3 is 10.5 Å². The van der Waals surface area contributed by atoms with Crippen molar-refractivity contribution in [1.82, 2.24) is 4.90 Å². The van der Waals surface area contributed by atoms with Crippen molar-refractivity contribution in [2.24, 2.45) is 5.73 Å². The minimum atomic E-state index is 0.572. The fourth-order valence-electron chi connectivity index (χ4n) is 1.86. The van der Waals surface area contributed by atoms with E-state index in [1.54, 1.807) is 0 Å². The first kappa shape index (κ1) is 11.9. The van der Waals surface area contributed by atoms with Crippen molar-refractivity contribution in [3.63, 3.8) is 0 Å². The summed E-state index contributed by atoms with van der Waals surface area (Å²) in [7, 11) is 0. The van der Waals surface area contributed by atoms with Crippen LogP contribution in [-0.2, 0) is 4.74 Å². The number of nitrogens with two attached hydrogens (primary N) is 1. The van der Waals surface area contributed by atoms with Gasteiger partial charge in [-0.15, -0.1) is 0 Å². The maximum absolute atomic E-state index is 5.50. The van der Waals surface area contributed by atoms with E-state index in [4.69, 9.17) is 22.7 Å². The molecule has 14 heavy (non-hydrogen) atoms. The first-order valence-electron chi connectivity index (χ1n) is 5.34. The van der Waals surface area contributed by atoms with Crippen molar-refractivity contribution in [1.29, 1.82) is 0 Å². The van der Waals surface area contributed by atoms with Crippen LogP contribution in [0.25, 0.3) is 0 Å². The van der Waals surface area contributed by atoms with E-state index in [1.165, 1.54) is 12.8 Å². The third-order valence-corrected chi connectivity index (χ3v) is 2.91. The second-order valence-electron chi connectivity index (χ2n) is 3.72. The number of rotatable bonds is 5. The van der Waals surface area contributed by atoms with Gasteiger partial charge in [-0.3, -0.25) is 4.90 Å². The highest BCUT2D eigenvalue weighted by Crippen LogP contribution is 2.13. The van der Waals surface area contributed by atoms with Crippen molar-refractivity contribution >= 4 is 17.2 Å². The number of hydrogen-bond acceptors (Lipinski definition) is 3. The van der Waals surface area contributed by atoms with Crippen molar-refractivity contribution in [3.05, 3.63) is 0 Å². The third kappa shape index (κ3) is 3.90. The Morgan fingerprint density at radius 3 is 2.93 bits per heavy atom. The predicted octanol–water partition coefficient (Wildman–Crippen LogP) is 1.16. The summed E-state index contributed by atoms with van der Waals surface area (Å²) in [6, 6.07) is 0.572. The van der Waals surface area contributed by atoms with Gasteiger partial charge in [0.1, 0.15) is 0 Å². The molecule has 0 bridgehead atoms. The van der Waals surface area contributed by atoms with E-state index in [0.717, 1.165) is 32.7 Å². The normalized spacial score (nSPS) is 22.6. The summed E-state index contributed by atoms with van der Waals surface area (Å²) in [5.74, 6) is 0. The van der Waals surface area contributed by atoms with Gasteiger partial charge >= 0.3 is 0 Å². The fraction of sp³-hybridized carbons (Fsp3) is 0.900. The summed E-state index contributed by atoms with van der Waals surface area (Å²) in [5, 5.41) is 0. The Balaban J connectivity index is 2.31. The number of thiocarbonyl (C=S) groups is 1. The molecule has 1 aliphatic rings. The number of hydrogen-bond donors (Lipinski definition) is 1. The molecule has 0 spiro atoms. The molecule has 0 aromatic carbocycles. The fourth-order valence-corrected chi connectivity index (χ4v) is 1.96. The van der Waals surface area contributed by atoms with Crippen LogP contribution in [0.15, 0.2) is 0 Å². The molecule has 1 rings (SSSR count). The lowest BCUT2D eigenvalue weighted by atomic mass is 10.1. The zero-order valence-corrected chi connectivity index (χ0v) is 9.68. The molecule has 0 radical (unpaired) electrons. The van der Waals surface area contributed by atoms with Crippen molar-refractivity contribution < 1.29 is 4.74 Å². The Labute approximate surface area is 91.6 Å².